The van der Waals surface area contributed by atoms with Gasteiger partial charge in [0.2, 0.25) is 5.95 Å². The summed E-state index contributed by atoms with van der Waals surface area (Å²) in [4.78, 5) is 17.1. The molecule has 1 fully saturated rings. The molecule has 1 aromatic heterocycles. The van der Waals surface area contributed by atoms with Crippen LogP contribution in [0, 0.1) is 12.9 Å². The second kappa shape index (κ2) is 4.57. The third kappa shape index (κ3) is 2.19. The van der Waals surface area contributed by atoms with E-state index in [1.54, 1.807) is 11.8 Å². The predicted octanol–water partition coefficient (Wildman–Crippen LogP) is 1.00. The van der Waals surface area contributed by atoms with Gasteiger partial charge in [-0.05, 0) is 18.6 Å². The number of pyridine rings is 1. The number of halogens is 1. The molecule has 1 amide bonds. The Hall–Kier alpha value is -1.49. The highest BCUT2D eigenvalue weighted by molar-refractivity contribution is 5.94. The first kappa shape index (κ1) is 11.0. The zero-order valence-corrected chi connectivity index (χ0v) is 9.07. The van der Waals surface area contributed by atoms with E-state index in [1.807, 2.05) is 0 Å². The van der Waals surface area contributed by atoms with Crippen molar-refractivity contribution in [2.24, 2.45) is 0 Å². The van der Waals surface area contributed by atoms with E-state index in [0.29, 0.717) is 26.3 Å². The fourth-order valence-corrected chi connectivity index (χ4v) is 1.64. The van der Waals surface area contributed by atoms with Gasteiger partial charge in [-0.3, -0.25) is 4.79 Å². The lowest BCUT2D eigenvalue weighted by molar-refractivity contribution is 0.0299. The van der Waals surface area contributed by atoms with Crippen molar-refractivity contribution in [3.05, 3.63) is 29.3 Å². The maximum Gasteiger partial charge on any atom is 0.258 e. The van der Waals surface area contributed by atoms with Gasteiger partial charge >= 0.3 is 0 Å². The molecule has 0 saturated carbocycles. The van der Waals surface area contributed by atoms with Crippen LogP contribution in [-0.2, 0) is 4.74 Å². The third-order valence-electron chi connectivity index (χ3n) is 2.50. The number of nitrogens with zero attached hydrogens (tertiary/aromatic N) is 2. The molecule has 0 spiro atoms. The minimum absolute atomic E-state index is 0.0434. The van der Waals surface area contributed by atoms with Crippen molar-refractivity contribution in [2.45, 2.75) is 6.92 Å². The number of aromatic nitrogens is 1. The van der Waals surface area contributed by atoms with E-state index in [1.165, 1.54) is 12.3 Å². The average Bonchev–Trinajstić information content (AvgIpc) is 2.32. The molecular formula is C11H13FN2O2. The van der Waals surface area contributed by atoms with Crippen molar-refractivity contribution >= 4 is 5.91 Å². The maximum absolute atomic E-state index is 13.4. The van der Waals surface area contributed by atoms with Crippen LogP contribution in [0.5, 0.6) is 0 Å². The Balaban J connectivity index is 2.22. The standard InChI is InChI=1S/C11H13FN2O2/c1-8-6-9(10(12)13-7-8)11(15)14-2-4-16-5-3-14/h6-7H,2-5H2,1H3. The molecule has 0 radical (unpaired) electrons. The van der Waals surface area contributed by atoms with E-state index in [4.69, 9.17) is 4.74 Å². The van der Waals surface area contributed by atoms with Crippen molar-refractivity contribution < 1.29 is 13.9 Å². The molecule has 1 aromatic rings. The van der Waals surface area contributed by atoms with Gasteiger partial charge in [-0.15, -0.1) is 0 Å². The highest BCUT2D eigenvalue weighted by atomic mass is 19.1. The summed E-state index contributed by atoms with van der Waals surface area (Å²) in [6.07, 6.45) is 1.41. The second-order valence-electron chi connectivity index (χ2n) is 3.76. The van der Waals surface area contributed by atoms with Crippen LogP contribution in [-0.4, -0.2) is 42.1 Å². The Morgan fingerprint density at radius 2 is 2.19 bits per heavy atom. The topological polar surface area (TPSA) is 42.4 Å². The molecule has 1 aliphatic rings. The molecule has 16 heavy (non-hydrogen) atoms. The molecule has 4 nitrogen and oxygen atoms in total. The van der Waals surface area contributed by atoms with Crippen LogP contribution in [0.1, 0.15) is 15.9 Å². The van der Waals surface area contributed by atoms with Crippen LogP contribution in [0.4, 0.5) is 4.39 Å². The fraction of sp³-hybridized carbons (Fsp3) is 0.455. The van der Waals surface area contributed by atoms with Crippen LogP contribution in [0.2, 0.25) is 0 Å². The number of aryl methyl sites for hydroxylation is 1. The van der Waals surface area contributed by atoms with Gasteiger partial charge in [0.1, 0.15) is 0 Å². The summed E-state index contributed by atoms with van der Waals surface area (Å²) in [5, 5.41) is 0. The number of ether oxygens (including phenoxy) is 1. The zero-order chi connectivity index (χ0) is 11.5. The summed E-state index contributed by atoms with van der Waals surface area (Å²) in [5.41, 5.74) is 0.819. The van der Waals surface area contributed by atoms with Gasteiger partial charge < -0.3 is 9.64 Å². The monoisotopic (exact) mass is 224 g/mol. The number of carbonyl (C=O) groups is 1. The number of hydrogen-bond donors (Lipinski definition) is 0. The number of morpholine rings is 1. The molecule has 0 bridgehead atoms. The van der Waals surface area contributed by atoms with E-state index in [9.17, 15) is 9.18 Å². The van der Waals surface area contributed by atoms with Crippen molar-refractivity contribution in [3.8, 4) is 0 Å². The number of carbonyl (C=O) groups excluding carboxylic acids is 1. The summed E-state index contributed by atoms with van der Waals surface area (Å²) in [6.45, 7) is 3.81. The molecule has 5 heteroatoms. The summed E-state index contributed by atoms with van der Waals surface area (Å²) in [6, 6.07) is 1.53. The highest BCUT2D eigenvalue weighted by Crippen LogP contribution is 2.11. The number of hydrogen-bond acceptors (Lipinski definition) is 3. The van der Waals surface area contributed by atoms with Gasteiger partial charge in [0, 0.05) is 19.3 Å². The lowest BCUT2D eigenvalue weighted by Crippen LogP contribution is -2.41. The number of rotatable bonds is 1. The van der Waals surface area contributed by atoms with Gasteiger partial charge in [0.25, 0.3) is 5.91 Å². The highest BCUT2D eigenvalue weighted by Gasteiger charge is 2.21. The molecule has 0 aliphatic carbocycles. The first-order chi connectivity index (χ1) is 7.68. The normalized spacial score (nSPS) is 16.2. The SMILES string of the molecule is Cc1cnc(F)c(C(=O)N2CCOCC2)c1. The van der Waals surface area contributed by atoms with Crippen LogP contribution >= 0.6 is 0 Å². The first-order valence-corrected chi connectivity index (χ1v) is 5.17. The smallest absolute Gasteiger partial charge is 0.258 e. The summed E-state index contributed by atoms with van der Waals surface area (Å²) in [5.74, 6) is -1.01. The second-order valence-corrected chi connectivity index (χ2v) is 3.76. The summed E-state index contributed by atoms with van der Waals surface area (Å²) in [7, 11) is 0. The van der Waals surface area contributed by atoms with Crippen LogP contribution in [0.3, 0.4) is 0 Å². The van der Waals surface area contributed by atoms with E-state index < -0.39 is 5.95 Å². The third-order valence-corrected chi connectivity index (χ3v) is 2.50. The zero-order valence-electron chi connectivity index (χ0n) is 9.07. The Kier molecular flexibility index (Phi) is 3.14. The van der Waals surface area contributed by atoms with Crippen LogP contribution < -0.4 is 0 Å². The summed E-state index contributed by atoms with van der Waals surface area (Å²) >= 11 is 0. The molecule has 0 atom stereocenters. The number of amides is 1. The molecule has 0 aromatic carbocycles. The minimum Gasteiger partial charge on any atom is -0.378 e. The Bertz CT molecular complexity index is 403. The van der Waals surface area contributed by atoms with E-state index in [-0.39, 0.29) is 11.5 Å². The van der Waals surface area contributed by atoms with Crippen molar-refractivity contribution in [3.63, 3.8) is 0 Å². The van der Waals surface area contributed by atoms with Crippen molar-refractivity contribution in [1.29, 1.82) is 0 Å². The van der Waals surface area contributed by atoms with Gasteiger partial charge in [-0.2, -0.15) is 4.39 Å². The molecule has 86 valence electrons. The van der Waals surface area contributed by atoms with Gasteiger partial charge in [-0.1, -0.05) is 0 Å². The maximum atomic E-state index is 13.4. The molecular weight excluding hydrogens is 211 g/mol. The lowest BCUT2D eigenvalue weighted by atomic mass is 10.2. The molecule has 1 aliphatic heterocycles. The molecule has 1 saturated heterocycles. The van der Waals surface area contributed by atoms with Crippen molar-refractivity contribution in [1.82, 2.24) is 9.88 Å². The van der Waals surface area contributed by atoms with Gasteiger partial charge in [0.05, 0.1) is 18.8 Å². The van der Waals surface area contributed by atoms with Gasteiger partial charge in [0.15, 0.2) is 0 Å². The minimum atomic E-state index is -0.706. The average molecular weight is 224 g/mol. The quantitative estimate of drug-likeness (QED) is 0.668. The van der Waals surface area contributed by atoms with E-state index in [0.717, 1.165) is 5.56 Å². The van der Waals surface area contributed by atoms with E-state index >= 15 is 0 Å². The van der Waals surface area contributed by atoms with Crippen molar-refractivity contribution in [2.75, 3.05) is 26.3 Å². The van der Waals surface area contributed by atoms with Gasteiger partial charge in [-0.25, -0.2) is 4.98 Å². The molecule has 2 rings (SSSR count). The predicted molar refractivity (Wildman–Crippen MR) is 55.7 cm³/mol. The largest absolute Gasteiger partial charge is 0.378 e. The van der Waals surface area contributed by atoms with Crippen LogP contribution in [0.25, 0.3) is 0 Å². The molecule has 2 heterocycles. The Morgan fingerprint density at radius 3 is 2.88 bits per heavy atom. The first-order valence-electron chi connectivity index (χ1n) is 5.17. The Labute approximate surface area is 93.0 Å². The lowest BCUT2D eigenvalue weighted by Gasteiger charge is -2.26. The Morgan fingerprint density at radius 1 is 1.50 bits per heavy atom. The molecule has 0 unspecified atom stereocenters. The molecule has 0 N–H and O–H groups in total. The fourth-order valence-electron chi connectivity index (χ4n) is 1.64. The van der Waals surface area contributed by atoms with Crippen LogP contribution in [0.15, 0.2) is 12.3 Å². The summed E-state index contributed by atoms with van der Waals surface area (Å²) < 4.78 is 18.5. The van der Waals surface area contributed by atoms with E-state index in [2.05, 4.69) is 4.98 Å².